The molecule has 9 heteroatoms. The molecular weight excluding hydrogens is 360 g/mol. The van der Waals surface area contributed by atoms with Crippen LogP contribution in [-0.2, 0) is 0 Å². The zero-order valence-electron chi connectivity index (χ0n) is 13.5. The maximum Gasteiger partial charge on any atom is 0.336 e. The summed E-state index contributed by atoms with van der Waals surface area (Å²) in [7, 11) is 0. The van der Waals surface area contributed by atoms with Crippen LogP contribution in [0.5, 0.6) is 23.0 Å². The van der Waals surface area contributed by atoms with Crippen molar-refractivity contribution in [1.82, 2.24) is 0 Å². The Balaban J connectivity index is 0.000000187. The number of rotatable bonds is 0. The van der Waals surface area contributed by atoms with E-state index in [1.165, 1.54) is 36.4 Å². The number of hydrogen-bond donors (Lipinski definition) is 4. The van der Waals surface area contributed by atoms with E-state index < -0.39 is 22.8 Å². The van der Waals surface area contributed by atoms with E-state index in [1.54, 1.807) is 12.1 Å². The number of fused-ring (bicyclic) bond motifs is 2. The summed E-state index contributed by atoms with van der Waals surface area (Å²) in [6.45, 7) is 0. The molecule has 4 aromatic rings. The van der Waals surface area contributed by atoms with Crippen LogP contribution in [0.4, 0.5) is 0 Å². The molecule has 0 saturated heterocycles. The fraction of sp³-hybridized carbons (Fsp3) is 0. The average molecular weight is 374 g/mol. The first-order chi connectivity index (χ1) is 12.4. The molecule has 0 amide bonds. The predicted molar refractivity (Wildman–Crippen MR) is 95.2 cm³/mol. The highest BCUT2D eigenvalue weighted by Crippen LogP contribution is 2.32. The summed E-state index contributed by atoms with van der Waals surface area (Å²) in [5.74, 6) is -1.42. The largest absolute Gasteiger partial charge is 0.504 e. The lowest BCUT2D eigenvalue weighted by atomic mass is 10.2. The molecule has 0 spiro atoms. The van der Waals surface area contributed by atoms with Gasteiger partial charge in [-0.2, -0.15) is 0 Å². The number of hydrogen-bond acceptors (Lipinski definition) is 8. The highest BCUT2D eigenvalue weighted by atomic mass is 16.4. The highest BCUT2D eigenvalue weighted by molar-refractivity contribution is 5.85. The van der Waals surface area contributed by atoms with Gasteiger partial charge in [-0.3, -0.25) is 0 Å². The molecule has 0 aliphatic carbocycles. The third kappa shape index (κ3) is 3.83. The Labute approximate surface area is 149 Å². The molecule has 2 aromatic carbocycles. The van der Waals surface area contributed by atoms with Crippen molar-refractivity contribution in [2.75, 3.05) is 0 Å². The van der Waals surface area contributed by atoms with E-state index in [0.29, 0.717) is 10.8 Å². The second-order valence-corrected chi connectivity index (χ2v) is 5.21. The summed E-state index contributed by atoms with van der Waals surface area (Å²) < 4.78 is 9.42. The lowest BCUT2D eigenvalue weighted by molar-refractivity contribution is 0.397. The molecule has 2 heterocycles. The molecule has 6 N–H and O–H groups in total. The molecule has 0 aliphatic heterocycles. The molecule has 0 bridgehead atoms. The van der Waals surface area contributed by atoms with Crippen molar-refractivity contribution in [3.63, 3.8) is 0 Å². The van der Waals surface area contributed by atoms with Crippen LogP contribution < -0.4 is 11.3 Å². The molecule has 0 saturated carbocycles. The monoisotopic (exact) mass is 374 g/mol. The molecule has 27 heavy (non-hydrogen) atoms. The second kappa shape index (κ2) is 7.50. The van der Waals surface area contributed by atoms with Crippen LogP contribution in [0.1, 0.15) is 0 Å². The standard InChI is InChI=1S/2C9H6O4.H2O/c2*10-6-3-1-5-2-4-7(11)13-9(5)8(6)12;/h2*1-4,10,12H;1H2. The van der Waals surface area contributed by atoms with Gasteiger partial charge in [0.2, 0.25) is 11.5 Å². The van der Waals surface area contributed by atoms with Gasteiger partial charge in [-0.15, -0.1) is 0 Å². The lowest BCUT2D eigenvalue weighted by Crippen LogP contribution is -1.94. The topological polar surface area (TPSA) is 173 Å². The van der Waals surface area contributed by atoms with Gasteiger partial charge in [0, 0.05) is 22.9 Å². The zero-order chi connectivity index (χ0) is 18.8. The normalized spacial score (nSPS) is 10.1. The number of phenolic OH excluding ortho intramolecular Hbond substituents is 4. The van der Waals surface area contributed by atoms with Gasteiger partial charge in [0.1, 0.15) is 0 Å². The van der Waals surface area contributed by atoms with Gasteiger partial charge in [-0.05, 0) is 36.4 Å². The predicted octanol–water partition coefficient (Wildman–Crippen LogP) is 1.58. The molecule has 0 radical (unpaired) electrons. The van der Waals surface area contributed by atoms with Gasteiger partial charge in [-0.25, -0.2) is 9.59 Å². The van der Waals surface area contributed by atoms with Crippen LogP contribution in [0.15, 0.2) is 67.0 Å². The van der Waals surface area contributed by atoms with Crippen LogP contribution in [0.2, 0.25) is 0 Å². The minimum Gasteiger partial charge on any atom is -0.504 e. The van der Waals surface area contributed by atoms with Crippen molar-refractivity contribution in [3.8, 4) is 23.0 Å². The van der Waals surface area contributed by atoms with Crippen molar-refractivity contribution in [2.24, 2.45) is 0 Å². The van der Waals surface area contributed by atoms with Gasteiger partial charge in [-0.1, -0.05) is 0 Å². The van der Waals surface area contributed by atoms with E-state index in [1.807, 2.05) is 0 Å². The van der Waals surface area contributed by atoms with Crippen LogP contribution in [0, 0.1) is 0 Å². The maximum absolute atomic E-state index is 10.8. The second-order valence-electron chi connectivity index (χ2n) is 5.21. The smallest absolute Gasteiger partial charge is 0.336 e. The van der Waals surface area contributed by atoms with Crippen molar-refractivity contribution in [3.05, 3.63) is 69.4 Å². The summed E-state index contributed by atoms with van der Waals surface area (Å²) >= 11 is 0. The number of benzene rings is 2. The molecule has 4 rings (SSSR count). The van der Waals surface area contributed by atoms with Crippen LogP contribution in [0.3, 0.4) is 0 Å². The quantitative estimate of drug-likeness (QED) is 0.265. The Kier molecular flexibility index (Phi) is 5.37. The first kappa shape index (κ1) is 19.3. The molecule has 0 fully saturated rings. The number of aromatic hydroxyl groups is 4. The van der Waals surface area contributed by atoms with E-state index in [9.17, 15) is 19.8 Å². The van der Waals surface area contributed by atoms with Crippen LogP contribution >= 0.6 is 0 Å². The SMILES string of the molecule is O.O=c1ccc2ccc(O)c(O)c2o1.O=c1ccc2ccc(O)c(O)c2o1. The van der Waals surface area contributed by atoms with Gasteiger partial charge >= 0.3 is 11.3 Å². The van der Waals surface area contributed by atoms with E-state index >= 15 is 0 Å². The van der Waals surface area contributed by atoms with Gasteiger partial charge < -0.3 is 34.7 Å². The summed E-state index contributed by atoms with van der Waals surface area (Å²) in [5, 5.41) is 37.9. The molecular formula is C18H14O9. The van der Waals surface area contributed by atoms with E-state index in [2.05, 4.69) is 0 Å². The van der Waals surface area contributed by atoms with E-state index in [-0.39, 0.29) is 28.1 Å². The minimum absolute atomic E-state index is 0. The number of phenols is 4. The van der Waals surface area contributed by atoms with Crippen LogP contribution in [0.25, 0.3) is 21.9 Å². The third-order valence-electron chi connectivity index (χ3n) is 3.48. The van der Waals surface area contributed by atoms with Crippen molar-refractivity contribution >= 4 is 21.9 Å². The summed E-state index contributed by atoms with van der Waals surface area (Å²) in [4.78, 5) is 21.6. The van der Waals surface area contributed by atoms with Crippen molar-refractivity contribution in [1.29, 1.82) is 0 Å². The van der Waals surface area contributed by atoms with Crippen molar-refractivity contribution in [2.45, 2.75) is 0 Å². The summed E-state index contributed by atoms with van der Waals surface area (Å²) in [6, 6.07) is 11.3. The van der Waals surface area contributed by atoms with Crippen molar-refractivity contribution < 1.29 is 34.7 Å². The first-order valence-corrected chi connectivity index (χ1v) is 7.26. The van der Waals surface area contributed by atoms with Gasteiger partial charge in [0.15, 0.2) is 22.7 Å². The summed E-state index contributed by atoms with van der Waals surface area (Å²) in [5.41, 5.74) is -1.11. The maximum atomic E-state index is 10.8. The van der Waals surface area contributed by atoms with Gasteiger partial charge in [0.05, 0.1) is 0 Å². The first-order valence-electron chi connectivity index (χ1n) is 7.26. The highest BCUT2D eigenvalue weighted by Gasteiger charge is 2.08. The molecule has 9 nitrogen and oxygen atoms in total. The van der Waals surface area contributed by atoms with Gasteiger partial charge in [0.25, 0.3) is 0 Å². The van der Waals surface area contributed by atoms with E-state index in [4.69, 9.17) is 19.0 Å². The Morgan fingerprint density at radius 3 is 1.26 bits per heavy atom. The average Bonchev–Trinajstić information content (AvgIpc) is 2.63. The van der Waals surface area contributed by atoms with E-state index in [0.717, 1.165) is 0 Å². The third-order valence-corrected chi connectivity index (χ3v) is 3.48. The Hall–Kier alpha value is -3.98. The molecule has 0 atom stereocenters. The van der Waals surface area contributed by atoms with Crippen LogP contribution in [-0.4, -0.2) is 25.9 Å². The molecule has 140 valence electrons. The fourth-order valence-corrected chi connectivity index (χ4v) is 2.21. The zero-order valence-corrected chi connectivity index (χ0v) is 13.5. The fourth-order valence-electron chi connectivity index (χ4n) is 2.21. The Bertz CT molecular complexity index is 1120. The molecule has 0 unspecified atom stereocenters. The lowest BCUT2D eigenvalue weighted by Gasteiger charge is -1.99. The summed E-state index contributed by atoms with van der Waals surface area (Å²) in [6.07, 6.45) is 0. The molecule has 2 aromatic heterocycles. The Morgan fingerprint density at radius 1 is 0.556 bits per heavy atom. The molecule has 0 aliphatic rings. The Morgan fingerprint density at radius 2 is 0.889 bits per heavy atom. The minimum atomic E-state index is -0.562.